The second-order valence-corrected chi connectivity index (χ2v) is 6.25. The van der Waals surface area contributed by atoms with E-state index >= 15 is 0 Å². The van der Waals surface area contributed by atoms with Gasteiger partial charge in [-0.1, -0.05) is 0 Å². The standard InChI is InChI=1S/C14H15N9O7/c15-8-4-9(17-2-16-8)23(12-7(26)6(25)3(1-24)30-12)13(18-4)22-21-5-10(27)19-14(29)20-11(5)28/h2-3,6-7,12,24-26H,1H2,(H2,15,16,17)(H3,19,20,27,28,29). The van der Waals surface area contributed by atoms with E-state index in [9.17, 15) is 30.0 Å². The minimum atomic E-state index is -1.51. The van der Waals surface area contributed by atoms with E-state index in [0.29, 0.717) is 0 Å². The zero-order chi connectivity index (χ0) is 21.6. The van der Waals surface area contributed by atoms with Crippen LogP contribution in [0.3, 0.4) is 0 Å². The quantitative estimate of drug-likeness (QED) is 0.217. The van der Waals surface area contributed by atoms with Crippen LogP contribution in [0.4, 0.5) is 17.5 Å². The minimum Gasteiger partial charge on any atom is -0.493 e. The van der Waals surface area contributed by atoms with E-state index in [1.165, 1.54) is 0 Å². The highest BCUT2D eigenvalue weighted by Crippen LogP contribution is 2.36. The van der Waals surface area contributed by atoms with Crippen molar-refractivity contribution in [3.8, 4) is 5.88 Å². The monoisotopic (exact) mass is 421 g/mol. The normalized spacial score (nSPS) is 24.2. The number of rotatable bonds is 4. The Morgan fingerprint density at radius 2 is 1.97 bits per heavy atom. The first-order valence-corrected chi connectivity index (χ1v) is 8.40. The first-order valence-electron chi connectivity index (χ1n) is 8.40. The maximum absolute atomic E-state index is 11.8. The highest BCUT2D eigenvalue weighted by molar-refractivity contribution is 5.83. The minimum absolute atomic E-state index is 0.0355. The molecule has 1 saturated heterocycles. The molecule has 0 aromatic carbocycles. The Kier molecular flexibility index (Phi) is 4.74. The third-order valence-electron chi connectivity index (χ3n) is 4.40. The van der Waals surface area contributed by atoms with Gasteiger partial charge in [0.15, 0.2) is 23.2 Å². The highest BCUT2D eigenvalue weighted by Gasteiger charge is 2.45. The molecule has 4 heterocycles. The van der Waals surface area contributed by atoms with Crippen LogP contribution in [0.5, 0.6) is 5.88 Å². The summed E-state index contributed by atoms with van der Waals surface area (Å²) in [6.45, 7) is -0.573. The molecule has 0 spiro atoms. The molecule has 3 aromatic heterocycles. The van der Waals surface area contributed by atoms with Gasteiger partial charge in [-0.2, -0.15) is 0 Å². The topological polar surface area (TPSA) is 250 Å². The first-order chi connectivity index (χ1) is 14.3. The van der Waals surface area contributed by atoms with Gasteiger partial charge in [-0.15, -0.1) is 10.2 Å². The molecule has 0 radical (unpaired) electrons. The summed E-state index contributed by atoms with van der Waals surface area (Å²) in [5.41, 5.74) is 3.34. The Hall–Kier alpha value is -3.73. The van der Waals surface area contributed by atoms with Crippen molar-refractivity contribution in [3.63, 3.8) is 0 Å². The fourth-order valence-electron chi connectivity index (χ4n) is 2.97. The van der Waals surface area contributed by atoms with E-state index in [1.54, 1.807) is 0 Å². The van der Waals surface area contributed by atoms with Crippen LogP contribution in [0.1, 0.15) is 6.23 Å². The Morgan fingerprint density at radius 1 is 1.20 bits per heavy atom. The summed E-state index contributed by atoms with van der Waals surface area (Å²) in [5.74, 6) is -1.15. The zero-order valence-corrected chi connectivity index (χ0v) is 14.9. The second-order valence-electron chi connectivity index (χ2n) is 6.25. The lowest BCUT2D eigenvalue weighted by molar-refractivity contribution is -0.0503. The smallest absolute Gasteiger partial charge is 0.328 e. The van der Waals surface area contributed by atoms with Crippen molar-refractivity contribution in [1.82, 2.24) is 29.5 Å². The maximum Gasteiger partial charge on any atom is 0.328 e. The number of ether oxygens (including phenoxy) is 1. The molecule has 0 aliphatic carbocycles. The van der Waals surface area contributed by atoms with Crippen LogP contribution in [-0.2, 0) is 4.74 Å². The number of aliphatic hydroxyl groups excluding tert-OH is 3. The molecule has 0 bridgehead atoms. The van der Waals surface area contributed by atoms with Gasteiger partial charge >= 0.3 is 5.69 Å². The summed E-state index contributed by atoms with van der Waals surface area (Å²) in [6.07, 6.45) is -4.20. The number of azo groups is 1. The van der Waals surface area contributed by atoms with Crippen molar-refractivity contribution in [3.05, 3.63) is 27.2 Å². The number of nitrogen functional groups attached to an aromatic ring is 1. The summed E-state index contributed by atoms with van der Waals surface area (Å²) < 4.78 is 6.62. The van der Waals surface area contributed by atoms with Gasteiger partial charge in [0.1, 0.15) is 24.6 Å². The summed E-state index contributed by atoms with van der Waals surface area (Å²) in [5, 5.41) is 46.9. The van der Waals surface area contributed by atoms with Crippen molar-refractivity contribution in [2.24, 2.45) is 10.2 Å². The van der Waals surface area contributed by atoms with Gasteiger partial charge in [-0.25, -0.2) is 19.7 Å². The van der Waals surface area contributed by atoms with Gasteiger partial charge in [-0.3, -0.25) is 19.3 Å². The van der Waals surface area contributed by atoms with Crippen LogP contribution in [0, 0.1) is 0 Å². The number of hydrogen-bond donors (Lipinski definition) is 7. The average molecular weight is 421 g/mol. The molecule has 1 aliphatic heterocycles. The number of aromatic hydroxyl groups is 1. The van der Waals surface area contributed by atoms with E-state index in [2.05, 4.69) is 25.2 Å². The highest BCUT2D eigenvalue weighted by atomic mass is 16.6. The summed E-state index contributed by atoms with van der Waals surface area (Å²) >= 11 is 0. The lowest BCUT2D eigenvalue weighted by Gasteiger charge is -2.17. The Labute approximate surface area is 164 Å². The molecular weight excluding hydrogens is 406 g/mol. The Morgan fingerprint density at radius 3 is 2.63 bits per heavy atom. The second kappa shape index (κ2) is 7.26. The predicted octanol–water partition coefficient (Wildman–Crippen LogP) is -2.48. The molecule has 16 heteroatoms. The van der Waals surface area contributed by atoms with E-state index in [0.717, 1.165) is 10.9 Å². The zero-order valence-electron chi connectivity index (χ0n) is 14.9. The number of anilines is 1. The van der Waals surface area contributed by atoms with E-state index in [4.69, 9.17) is 10.5 Å². The van der Waals surface area contributed by atoms with Crippen LogP contribution in [0.2, 0.25) is 0 Å². The fraction of sp³-hybridized carbons (Fsp3) is 0.357. The molecule has 1 aliphatic rings. The third kappa shape index (κ3) is 3.08. The molecule has 4 unspecified atom stereocenters. The van der Waals surface area contributed by atoms with Gasteiger partial charge in [0, 0.05) is 0 Å². The lowest BCUT2D eigenvalue weighted by atomic mass is 10.1. The van der Waals surface area contributed by atoms with Crippen molar-refractivity contribution in [1.29, 1.82) is 0 Å². The molecule has 0 amide bonds. The summed E-state index contributed by atoms with van der Waals surface area (Å²) in [6, 6.07) is 0. The fourth-order valence-corrected chi connectivity index (χ4v) is 2.97. The molecule has 0 saturated carbocycles. The van der Waals surface area contributed by atoms with E-state index in [1.807, 2.05) is 9.97 Å². The summed E-state index contributed by atoms with van der Waals surface area (Å²) in [7, 11) is 0. The van der Waals surface area contributed by atoms with Crippen LogP contribution >= 0.6 is 0 Å². The van der Waals surface area contributed by atoms with E-state index < -0.39 is 54.0 Å². The van der Waals surface area contributed by atoms with Crippen molar-refractivity contribution in [2.75, 3.05) is 12.3 Å². The van der Waals surface area contributed by atoms with E-state index in [-0.39, 0.29) is 22.9 Å². The molecular formula is C14H15N9O7. The van der Waals surface area contributed by atoms with Crippen LogP contribution in [-0.4, -0.2) is 74.8 Å². The Balaban J connectivity index is 1.87. The van der Waals surface area contributed by atoms with Crippen LogP contribution in [0.15, 0.2) is 26.1 Å². The largest absolute Gasteiger partial charge is 0.493 e. The number of aromatic nitrogens is 6. The van der Waals surface area contributed by atoms with Crippen molar-refractivity contribution < 1.29 is 25.2 Å². The molecule has 1 fully saturated rings. The molecule has 4 rings (SSSR count). The van der Waals surface area contributed by atoms with Gasteiger partial charge in [-0.05, 0) is 0 Å². The predicted molar refractivity (Wildman–Crippen MR) is 96.3 cm³/mol. The number of nitrogens with zero attached hydrogens (tertiary/aromatic N) is 6. The number of nitrogens with two attached hydrogens (primary N) is 1. The maximum atomic E-state index is 11.8. The van der Waals surface area contributed by atoms with Crippen LogP contribution in [0.25, 0.3) is 11.2 Å². The number of aromatic amines is 2. The number of hydrogen-bond acceptors (Lipinski definition) is 13. The van der Waals surface area contributed by atoms with Gasteiger partial charge in [0.25, 0.3) is 11.5 Å². The molecule has 8 N–H and O–H groups in total. The number of H-pyrrole nitrogens is 2. The SMILES string of the molecule is Nc1ncnc2c1nc(N=Nc1c(O)[nH]c(=O)[nH]c1=O)n2C1OC(CO)C(O)C1O. The average Bonchev–Trinajstić information content (AvgIpc) is 3.19. The molecule has 4 atom stereocenters. The van der Waals surface area contributed by atoms with Gasteiger partial charge < -0.3 is 30.9 Å². The van der Waals surface area contributed by atoms with Crippen molar-refractivity contribution in [2.45, 2.75) is 24.5 Å². The first kappa shape index (κ1) is 19.6. The molecule has 158 valence electrons. The van der Waals surface area contributed by atoms with Crippen molar-refractivity contribution >= 4 is 28.6 Å². The summed E-state index contributed by atoms with van der Waals surface area (Å²) in [4.78, 5) is 38.8. The number of imidazole rings is 1. The Bertz CT molecular complexity index is 1250. The number of fused-ring (bicyclic) bond motifs is 1. The molecule has 16 nitrogen and oxygen atoms in total. The molecule has 30 heavy (non-hydrogen) atoms. The van der Waals surface area contributed by atoms with Crippen LogP contribution < -0.4 is 17.0 Å². The molecule has 3 aromatic rings. The number of nitrogens with one attached hydrogen (secondary N) is 2. The third-order valence-corrected chi connectivity index (χ3v) is 4.40. The van der Waals surface area contributed by atoms with Gasteiger partial charge in [0.05, 0.1) is 6.61 Å². The number of aliphatic hydroxyl groups is 3. The lowest BCUT2D eigenvalue weighted by Crippen LogP contribution is -2.33. The van der Waals surface area contributed by atoms with Gasteiger partial charge in [0.2, 0.25) is 11.6 Å².